The van der Waals surface area contributed by atoms with Gasteiger partial charge in [-0.2, -0.15) is 0 Å². The second-order valence-electron chi connectivity index (χ2n) is 4.50. The average molecular weight is 309 g/mol. The summed E-state index contributed by atoms with van der Waals surface area (Å²) < 4.78 is 0. The van der Waals surface area contributed by atoms with E-state index in [0.717, 1.165) is 19.4 Å². The monoisotopic (exact) mass is 309 g/mol. The first kappa shape index (κ1) is 19.8. The standard InChI is InChI=1S/C7H14N2O2.C7H7NO.CH2O/c8-4-7(11)9-3-1-2-6(9)5-10;8-7(9)6-4-2-1-3-5-6;1-2/h6,10H,1-5,8H2;1-5H,(H2,8,9);1H2/t6-;;/m0../s1. The minimum atomic E-state index is -0.379. The van der Waals surface area contributed by atoms with Crippen molar-refractivity contribution in [2.45, 2.75) is 18.9 Å². The molecule has 1 aliphatic heterocycles. The molecule has 22 heavy (non-hydrogen) atoms. The molecule has 0 radical (unpaired) electrons. The van der Waals surface area contributed by atoms with E-state index in [0.29, 0.717) is 5.56 Å². The number of nitrogens with zero attached hydrogens (tertiary/aromatic N) is 1. The number of carbonyl (C=O) groups excluding carboxylic acids is 3. The van der Waals surface area contributed by atoms with E-state index in [-0.39, 0.29) is 31.0 Å². The van der Waals surface area contributed by atoms with Gasteiger partial charge in [-0.1, -0.05) is 18.2 Å². The zero-order valence-corrected chi connectivity index (χ0v) is 12.5. The number of likely N-dealkylation sites (tertiary alicyclic amines) is 1. The summed E-state index contributed by atoms with van der Waals surface area (Å²) in [6, 6.07) is 8.78. The van der Waals surface area contributed by atoms with Crippen LogP contribution < -0.4 is 11.5 Å². The molecular formula is C15H23N3O4. The molecule has 0 saturated carbocycles. The van der Waals surface area contributed by atoms with Crippen molar-refractivity contribution in [1.29, 1.82) is 0 Å². The minimum Gasteiger partial charge on any atom is -0.394 e. The van der Waals surface area contributed by atoms with E-state index in [1.54, 1.807) is 29.2 Å². The Hall–Kier alpha value is -2.25. The number of hydrogen-bond donors (Lipinski definition) is 3. The fraction of sp³-hybridized carbons (Fsp3) is 0.400. The molecule has 1 saturated heterocycles. The third-order valence-electron chi connectivity index (χ3n) is 3.14. The number of primary amides is 1. The van der Waals surface area contributed by atoms with Crippen molar-refractivity contribution in [1.82, 2.24) is 4.90 Å². The summed E-state index contributed by atoms with van der Waals surface area (Å²) in [5, 5.41) is 8.85. The van der Waals surface area contributed by atoms with E-state index < -0.39 is 0 Å². The lowest BCUT2D eigenvalue weighted by Gasteiger charge is -2.21. The van der Waals surface area contributed by atoms with Gasteiger partial charge in [-0.25, -0.2) is 0 Å². The predicted octanol–water partition coefficient (Wildman–Crippen LogP) is -0.471. The Morgan fingerprint density at radius 2 is 1.86 bits per heavy atom. The molecule has 7 heteroatoms. The number of hydrogen-bond acceptors (Lipinski definition) is 5. The Balaban J connectivity index is 0.000000366. The van der Waals surface area contributed by atoms with Gasteiger partial charge in [0.05, 0.1) is 19.2 Å². The molecule has 2 rings (SSSR count). The molecule has 0 spiro atoms. The van der Waals surface area contributed by atoms with Crippen LogP contribution in [0, 0.1) is 0 Å². The largest absolute Gasteiger partial charge is 0.394 e. The van der Waals surface area contributed by atoms with Crippen LogP contribution in [0.5, 0.6) is 0 Å². The van der Waals surface area contributed by atoms with Crippen LogP contribution in [0.15, 0.2) is 30.3 Å². The van der Waals surface area contributed by atoms with Crippen molar-refractivity contribution in [3.63, 3.8) is 0 Å². The van der Waals surface area contributed by atoms with Gasteiger partial charge in [-0.3, -0.25) is 9.59 Å². The fourth-order valence-electron chi connectivity index (χ4n) is 2.07. The molecule has 1 fully saturated rings. The fourth-order valence-corrected chi connectivity index (χ4v) is 2.07. The molecule has 1 atom stereocenters. The number of nitrogens with two attached hydrogens (primary N) is 2. The van der Waals surface area contributed by atoms with Gasteiger partial charge in [0, 0.05) is 12.1 Å². The Bertz CT molecular complexity index is 453. The number of benzene rings is 1. The van der Waals surface area contributed by atoms with Gasteiger partial charge in [0.2, 0.25) is 11.8 Å². The van der Waals surface area contributed by atoms with Crippen molar-refractivity contribution in [3.8, 4) is 0 Å². The molecule has 1 aromatic rings. The Morgan fingerprint density at radius 1 is 1.27 bits per heavy atom. The van der Waals surface area contributed by atoms with Crippen molar-refractivity contribution < 1.29 is 19.5 Å². The van der Waals surface area contributed by atoms with Crippen molar-refractivity contribution in [2.24, 2.45) is 11.5 Å². The van der Waals surface area contributed by atoms with E-state index >= 15 is 0 Å². The zero-order chi connectivity index (χ0) is 17.0. The minimum absolute atomic E-state index is 0.0195. The van der Waals surface area contributed by atoms with Gasteiger partial charge >= 0.3 is 0 Å². The maximum Gasteiger partial charge on any atom is 0.248 e. The Kier molecular flexibility index (Phi) is 10.2. The molecule has 122 valence electrons. The quantitative estimate of drug-likeness (QED) is 0.695. The van der Waals surface area contributed by atoms with E-state index in [1.165, 1.54) is 0 Å². The Labute approximate surface area is 129 Å². The summed E-state index contributed by atoms with van der Waals surface area (Å²) in [6.45, 7) is 2.86. The van der Waals surface area contributed by atoms with Crippen LogP contribution in [-0.4, -0.2) is 54.3 Å². The van der Waals surface area contributed by atoms with Crippen LogP contribution in [0.25, 0.3) is 0 Å². The molecule has 0 aliphatic carbocycles. The third kappa shape index (κ3) is 6.47. The summed E-state index contributed by atoms with van der Waals surface area (Å²) in [4.78, 5) is 31.2. The predicted molar refractivity (Wildman–Crippen MR) is 83.0 cm³/mol. The van der Waals surface area contributed by atoms with Crippen molar-refractivity contribution in [3.05, 3.63) is 35.9 Å². The van der Waals surface area contributed by atoms with Crippen LogP contribution in [-0.2, 0) is 9.59 Å². The highest BCUT2D eigenvalue weighted by molar-refractivity contribution is 5.92. The van der Waals surface area contributed by atoms with Crippen LogP contribution >= 0.6 is 0 Å². The highest BCUT2D eigenvalue weighted by atomic mass is 16.3. The number of amides is 2. The second-order valence-corrected chi connectivity index (χ2v) is 4.50. The Morgan fingerprint density at radius 3 is 2.27 bits per heavy atom. The normalized spacial score (nSPS) is 15.9. The summed E-state index contributed by atoms with van der Waals surface area (Å²) in [7, 11) is 0. The second kappa shape index (κ2) is 11.4. The number of aliphatic hydroxyl groups excluding tert-OH is 1. The molecule has 1 heterocycles. The number of aliphatic hydroxyl groups is 1. The van der Waals surface area contributed by atoms with Gasteiger partial charge < -0.3 is 26.3 Å². The maximum absolute atomic E-state index is 11.1. The molecule has 7 nitrogen and oxygen atoms in total. The molecule has 1 aromatic carbocycles. The highest BCUT2D eigenvalue weighted by Gasteiger charge is 2.26. The van der Waals surface area contributed by atoms with Gasteiger partial charge in [0.15, 0.2) is 0 Å². The molecule has 0 aromatic heterocycles. The lowest BCUT2D eigenvalue weighted by Crippen LogP contribution is -2.41. The molecule has 2 amide bonds. The average Bonchev–Trinajstić information content (AvgIpc) is 3.06. The van der Waals surface area contributed by atoms with E-state index in [2.05, 4.69) is 0 Å². The number of carbonyl (C=O) groups is 3. The first-order valence-corrected chi connectivity index (χ1v) is 6.84. The topological polar surface area (TPSA) is 127 Å². The van der Waals surface area contributed by atoms with E-state index in [4.69, 9.17) is 21.4 Å². The maximum atomic E-state index is 11.1. The van der Waals surface area contributed by atoms with E-state index in [1.807, 2.05) is 12.9 Å². The molecule has 0 unspecified atom stereocenters. The van der Waals surface area contributed by atoms with Gasteiger partial charge in [0.1, 0.15) is 6.79 Å². The van der Waals surface area contributed by atoms with Crippen LogP contribution in [0.4, 0.5) is 0 Å². The summed E-state index contributed by atoms with van der Waals surface area (Å²) in [5.74, 6) is -0.433. The lowest BCUT2D eigenvalue weighted by molar-refractivity contribution is -0.131. The van der Waals surface area contributed by atoms with Crippen LogP contribution in [0.1, 0.15) is 23.2 Å². The zero-order valence-electron chi connectivity index (χ0n) is 12.5. The van der Waals surface area contributed by atoms with Crippen LogP contribution in [0.3, 0.4) is 0 Å². The molecular weight excluding hydrogens is 286 g/mol. The lowest BCUT2D eigenvalue weighted by atomic mass is 10.2. The SMILES string of the molecule is C=O.NC(=O)c1ccccc1.NCC(=O)N1CCC[C@H]1CO. The van der Waals surface area contributed by atoms with E-state index in [9.17, 15) is 9.59 Å². The van der Waals surface area contributed by atoms with Crippen molar-refractivity contribution in [2.75, 3.05) is 19.7 Å². The number of rotatable bonds is 3. The summed E-state index contributed by atoms with van der Waals surface area (Å²) in [6.07, 6.45) is 1.89. The smallest absolute Gasteiger partial charge is 0.248 e. The first-order chi connectivity index (χ1) is 10.6. The van der Waals surface area contributed by atoms with Crippen LogP contribution in [0.2, 0.25) is 0 Å². The van der Waals surface area contributed by atoms with Gasteiger partial charge in [-0.15, -0.1) is 0 Å². The van der Waals surface area contributed by atoms with Gasteiger partial charge in [-0.05, 0) is 25.0 Å². The molecule has 1 aliphatic rings. The molecule has 0 bridgehead atoms. The first-order valence-electron chi connectivity index (χ1n) is 6.84. The highest BCUT2D eigenvalue weighted by Crippen LogP contribution is 2.15. The third-order valence-corrected chi connectivity index (χ3v) is 3.14. The van der Waals surface area contributed by atoms with Crippen molar-refractivity contribution >= 4 is 18.6 Å². The molecule has 5 N–H and O–H groups in total. The summed E-state index contributed by atoms with van der Waals surface area (Å²) >= 11 is 0. The van der Waals surface area contributed by atoms with Gasteiger partial charge in [0.25, 0.3) is 0 Å². The summed E-state index contributed by atoms with van der Waals surface area (Å²) in [5.41, 5.74) is 10.7.